The molecule has 1 aliphatic rings. The third-order valence-corrected chi connectivity index (χ3v) is 2.25. The first-order valence-electron chi connectivity index (χ1n) is 3.94. The van der Waals surface area contributed by atoms with Crippen molar-refractivity contribution in [3.8, 4) is 12.3 Å². The molecule has 1 heterocycles. The predicted octanol–water partition coefficient (Wildman–Crippen LogP) is 1.16. The van der Waals surface area contributed by atoms with Crippen molar-refractivity contribution in [3.63, 3.8) is 0 Å². The lowest BCUT2D eigenvalue weighted by Crippen LogP contribution is -2.44. The SMILES string of the molecule is C#C[C@H]1CN(C)C[C@@H](C)C1F. The van der Waals surface area contributed by atoms with Crippen molar-refractivity contribution >= 4 is 0 Å². The van der Waals surface area contributed by atoms with Gasteiger partial charge in [-0.15, -0.1) is 6.42 Å². The van der Waals surface area contributed by atoms with E-state index in [0.29, 0.717) is 6.54 Å². The fraction of sp³-hybridized carbons (Fsp3) is 0.778. The van der Waals surface area contributed by atoms with Gasteiger partial charge in [0.05, 0.1) is 5.92 Å². The highest BCUT2D eigenvalue weighted by Gasteiger charge is 2.31. The van der Waals surface area contributed by atoms with Crippen molar-refractivity contribution in [2.75, 3.05) is 20.1 Å². The van der Waals surface area contributed by atoms with Gasteiger partial charge in [-0.05, 0) is 7.05 Å². The molecule has 1 aliphatic heterocycles. The van der Waals surface area contributed by atoms with Crippen LogP contribution >= 0.6 is 0 Å². The average molecular weight is 155 g/mol. The molecule has 2 heteroatoms. The fourth-order valence-corrected chi connectivity index (χ4v) is 1.64. The van der Waals surface area contributed by atoms with Crippen LogP contribution in [0.4, 0.5) is 4.39 Å². The first-order valence-corrected chi connectivity index (χ1v) is 3.94. The summed E-state index contributed by atoms with van der Waals surface area (Å²) < 4.78 is 13.2. The Labute approximate surface area is 67.6 Å². The molecule has 11 heavy (non-hydrogen) atoms. The maximum atomic E-state index is 13.2. The Balaban J connectivity index is 2.60. The highest BCUT2D eigenvalue weighted by atomic mass is 19.1. The number of hydrogen-bond acceptors (Lipinski definition) is 1. The molecule has 0 amide bonds. The first-order chi connectivity index (χ1) is 5.15. The highest BCUT2D eigenvalue weighted by molar-refractivity contribution is 5.01. The van der Waals surface area contributed by atoms with E-state index >= 15 is 0 Å². The highest BCUT2D eigenvalue weighted by Crippen LogP contribution is 2.23. The largest absolute Gasteiger partial charge is 0.305 e. The zero-order chi connectivity index (χ0) is 8.43. The summed E-state index contributed by atoms with van der Waals surface area (Å²) in [6, 6.07) is 0. The minimum absolute atomic E-state index is 0.0785. The maximum absolute atomic E-state index is 13.2. The van der Waals surface area contributed by atoms with Crippen LogP contribution in [0.2, 0.25) is 0 Å². The second-order valence-corrected chi connectivity index (χ2v) is 3.42. The standard InChI is InChI=1S/C9H14FN/c1-4-8-6-11(3)5-7(2)9(8)10/h1,7-9H,5-6H2,2-3H3/t7-,8+,9?/m1/s1. The van der Waals surface area contributed by atoms with Gasteiger partial charge < -0.3 is 4.90 Å². The molecule has 0 aliphatic carbocycles. The van der Waals surface area contributed by atoms with Crippen LogP contribution in [0.3, 0.4) is 0 Å². The van der Waals surface area contributed by atoms with Gasteiger partial charge >= 0.3 is 0 Å². The average Bonchev–Trinajstić information content (AvgIpc) is 1.96. The molecule has 1 rings (SSSR count). The zero-order valence-electron chi connectivity index (χ0n) is 7.05. The first kappa shape index (κ1) is 8.55. The van der Waals surface area contributed by atoms with Crippen molar-refractivity contribution in [1.29, 1.82) is 0 Å². The summed E-state index contributed by atoms with van der Waals surface area (Å²) in [5.74, 6) is 2.37. The number of halogens is 1. The van der Waals surface area contributed by atoms with E-state index in [-0.39, 0.29) is 11.8 Å². The molecular weight excluding hydrogens is 141 g/mol. The quantitative estimate of drug-likeness (QED) is 0.474. The lowest BCUT2D eigenvalue weighted by atomic mass is 9.89. The molecule has 1 fully saturated rings. The molecule has 1 saturated heterocycles. The summed E-state index contributed by atoms with van der Waals surface area (Å²) in [4.78, 5) is 2.09. The van der Waals surface area contributed by atoms with E-state index < -0.39 is 6.17 Å². The van der Waals surface area contributed by atoms with Gasteiger partial charge in [0.25, 0.3) is 0 Å². The number of likely N-dealkylation sites (tertiary alicyclic amines) is 1. The zero-order valence-corrected chi connectivity index (χ0v) is 7.05. The molecule has 62 valence electrons. The van der Waals surface area contributed by atoms with Crippen molar-refractivity contribution < 1.29 is 4.39 Å². The van der Waals surface area contributed by atoms with Crippen LogP contribution in [0.1, 0.15) is 6.92 Å². The minimum atomic E-state index is -0.809. The Morgan fingerprint density at radius 3 is 2.73 bits per heavy atom. The Morgan fingerprint density at radius 1 is 1.55 bits per heavy atom. The van der Waals surface area contributed by atoms with Gasteiger partial charge in [-0.25, -0.2) is 4.39 Å². The Kier molecular flexibility index (Phi) is 2.51. The lowest BCUT2D eigenvalue weighted by Gasteiger charge is -2.34. The molecule has 0 spiro atoms. The molecule has 1 unspecified atom stereocenters. The van der Waals surface area contributed by atoms with E-state index in [4.69, 9.17) is 6.42 Å². The Hall–Kier alpha value is -0.550. The van der Waals surface area contributed by atoms with E-state index in [2.05, 4.69) is 10.8 Å². The van der Waals surface area contributed by atoms with Crippen LogP contribution in [-0.2, 0) is 0 Å². The van der Waals surface area contributed by atoms with E-state index in [1.165, 1.54) is 0 Å². The molecule has 0 aromatic rings. The van der Waals surface area contributed by atoms with E-state index in [0.717, 1.165) is 6.54 Å². The smallest absolute Gasteiger partial charge is 0.119 e. The third kappa shape index (κ3) is 1.72. The van der Waals surface area contributed by atoms with Crippen LogP contribution in [0.25, 0.3) is 0 Å². The summed E-state index contributed by atoms with van der Waals surface area (Å²) >= 11 is 0. The molecule has 0 bridgehead atoms. The van der Waals surface area contributed by atoms with E-state index in [1.54, 1.807) is 0 Å². The molecular formula is C9H14FN. The van der Waals surface area contributed by atoms with Gasteiger partial charge in [0.15, 0.2) is 0 Å². The van der Waals surface area contributed by atoms with Crippen LogP contribution in [0.15, 0.2) is 0 Å². The van der Waals surface area contributed by atoms with Gasteiger partial charge in [0.2, 0.25) is 0 Å². The molecule has 3 atom stereocenters. The van der Waals surface area contributed by atoms with Crippen molar-refractivity contribution in [3.05, 3.63) is 0 Å². The minimum Gasteiger partial charge on any atom is -0.305 e. The number of terminal acetylenes is 1. The second-order valence-electron chi connectivity index (χ2n) is 3.42. The summed E-state index contributed by atoms with van der Waals surface area (Å²) in [6.07, 6.45) is 4.39. The van der Waals surface area contributed by atoms with Crippen molar-refractivity contribution in [2.45, 2.75) is 13.1 Å². The maximum Gasteiger partial charge on any atom is 0.119 e. The number of hydrogen-bond donors (Lipinski definition) is 0. The lowest BCUT2D eigenvalue weighted by molar-refractivity contribution is 0.0821. The number of alkyl halides is 1. The summed E-state index contributed by atoms with van der Waals surface area (Å²) in [7, 11) is 1.98. The van der Waals surface area contributed by atoms with Crippen LogP contribution < -0.4 is 0 Å². The summed E-state index contributed by atoms with van der Waals surface area (Å²) in [6.45, 7) is 3.42. The summed E-state index contributed by atoms with van der Waals surface area (Å²) in [5.41, 5.74) is 0. The molecule has 0 aromatic heterocycles. The topological polar surface area (TPSA) is 3.24 Å². The summed E-state index contributed by atoms with van der Waals surface area (Å²) in [5, 5.41) is 0. The number of piperidine rings is 1. The third-order valence-electron chi connectivity index (χ3n) is 2.25. The van der Waals surface area contributed by atoms with Crippen LogP contribution in [0, 0.1) is 24.2 Å². The van der Waals surface area contributed by atoms with Gasteiger partial charge in [0.1, 0.15) is 6.17 Å². The van der Waals surface area contributed by atoms with Crippen molar-refractivity contribution in [2.24, 2.45) is 11.8 Å². The van der Waals surface area contributed by atoms with Gasteiger partial charge in [0, 0.05) is 19.0 Å². The van der Waals surface area contributed by atoms with Gasteiger partial charge in [-0.2, -0.15) is 0 Å². The Bertz CT molecular complexity index is 173. The molecule has 1 nitrogen and oxygen atoms in total. The molecule has 0 aromatic carbocycles. The molecule has 0 saturated carbocycles. The monoisotopic (exact) mass is 155 g/mol. The fourth-order valence-electron chi connectivity index (χ4n) is 1.64. The van der Waals surface area contributed by atoms with Crippen LogP contribution in [-0.4, -0.2) is 31.2 Å². The molecule has 0 N–H and O–H groups in total. The second kappa shape index (κ2) is 3.23. The predicted molar refractivity (Wildman–Crippen MR) is 43.9 cm³/mol. The normalized spacial score (nSPS) is 40.0. The van der Waals surface area contributed by atoms with Gasteiger partial charge in [-0.3, -0.25) is 0 Å². The number of nitrogens with zero attached hydrogens (tertiary/aromatic N) is 1. The van der Waals surface area contributed by atoms with Crippen molar-refractivity contribution in [1.82, 2.24) is 4.90 Å². The molecule has 0 radical (unpaired) electrons. The van der Waals surface area contributed by atoms with Gasteiger partial charge in [-0.1, -0.05) is 12.8 Å². The number of rotatable bonds is 0. The Morgan fingerprint density at radius 2 is 2.18 bits per heavy atom. The van der Waals surface area contributed by atoms with E-state index in [1.807, 2.05) is 14.0 Å². The van der Waals surface area contributed by atoms with Crippen LogP contribution in [0.5, 0.6) is 0 Å². The van der Waals surface area contributed by atoms with E-state index in [9.17, 15) is 4.39 Å².